The Hall–Kier alpha value is -2.28. The highest BCUT2D eigenvalue weighted by atomic mass is 16.5. The molecule has 0 rings (SSSR count). The SMILES string of the molecule is CCCCCCCCCCCC(O)CCCCCCCC.CCCCCCCCCCCCCCCCCC(=O)OCC(O)CO.O=C(O)CC(O)(CC(=O)O)C(=O)O. The van der Waals surface area contributed by atoms with Crippen LogP contribution in [0.25, 0.3) is 0 Å². The Balaban J connectivity index is -0.000000836. The molecule has 0 aliphatic heterocycles. The summed E-state index contributed by atoms with van der Waals surface area (Å²) >= 11 is 0. The van der Waals surface area contributed by atoms with Gasteiger partial charge in [0.25, 0.3) is 0 Å². The number of hydrogen-bond acceptors (Lipinski definition) is 9. The van der Waals surface area contributed by atoms with E-state index >= 15 is 0 Å². The maximum atomic E-state index is 11.4. The number of aliphatic hydroxyl groups excluding tert-OH is 3. The molecule has 0 fully saturated rings. The molecule has 0 bridgehead atoms. The van der Waals surface area contributed by atoms with Gasteiger partial charge in [-0.05, 0) is 19.3 Å². The van der Waals surface area contributed by atoms with Crippen LogP contribution in [0.3, 0.4) is 0 Å². The van der Waals surface area contributed by atoms with Crippen LogP contribution in [0.4, 0.5) is 0 Å². The van der Waals surface area contributed by atoms with Crippen molar-refractivity contribution in [3.8, 4) is 0 Å². The van der Waals surface area contributed by atoms with Crippen LogP contribution in [0, 0.1) is 0 Å². The summed E-state index contributed by atoms with van der Waals surface area (Å²) in [5.41, 5.74) is -2.74. The molecule has 0 aliphatic rings. The number of carbonyl (C=O) groups is 4. The largest absolute Gasteiger partial charge is 0.481 e. The number of carboxylic acids is 3. The molecule has 0 radical (unpaired) electrons. The van der Waals surface area contributed by atoms with Crippen molar-refractivity contribution < 1.29 is 59.7 Å². The van der Waals surface area contributed by atoms with Crippen molar-refractivity contribution in [1.29, 1.82) is 0 Å². The van der Waals surface area contributed by atoms with E-state index in [0.29, 0.717) is 6.42 Å². The maximum Gasteiger partial charge on any atom is 0.336 e. The third kappa shape index (κ3) is 50.0. The molecule has 0 amide bonds. The average Bonchev–Trinajstić information content (AvgIpc) is 3.19. The topological polar surface area (TPSA) is 219 Å². The molecule has 0 saturated heterocycles. The van der Waals surface area contributed by atoms with Gasteiger partial charge in [0.1, 0.15) is 12.7 Å². The Kier molecular flexibility index (Phi) is 48.4. The summed E-state index contributed by atoms with van der Waals surface area (Å²) in [4.78, 5) is 41.9. The molecule has 352 valence electrons. The summed E-state index contributed by atoms with van der Waals surface area (Å²) in [7, 11) is 0. The van der Waals surface area contributed by atoms with Gasteiger partial charge in [0, 0.05) is 6.42 Å². The second kappa shape index (κ2) is 46.8. The van der Waals surface area contributed by atoms with Crippen molar-refractivity contribution in [2.75, 3.05) is 13.2 Å². The van der Waals surface area contributed by atoms with Crippen LogP contribution in [-0.2, 0) is 23.9 Å². The highest BCUT2D eigenvalue weighted by Gasteiger charge is 2.40. The lowest BCUT2D eigenvalue weighted by molar-refractivity contribution is -0.170. The second-order valence-corrected chi connectivity index (χ2v) is 16.5. The summed E-state index contributed by atoms with van der Waals surface area (Å²) in [6.07, 6.45) is 39.1. The van der Waals surface area contributed by atoms with Gasteiger partial charge in [-0.1, -0.05) is 207 Å². The average molecular weight is 849 g/mol. The van der Waals surface area contributed by atoms with Crippen molar-refractivity contribution in [2.45, 2.75) is 263 Å². The minimum absolute atomic E-state index is 0.0271. The Morgan fingerprint density at radius 1 is 0.458 bits per heavy atom. The highest BCUT2D eigenvalue weighted by Crippen LogP contribution is 2.17. The number of ether oxygens (including phenoxy) is 1. The van der Waals surface area contributed by atoms with Crippen LogP contribution in [0.1, 0.15) is 245 Å². The summed E-state index contributed by atoms with van der Waals surface area (Å²) < 4.78 is 4.86. The number of carboxylic acid groups (broad SMARTS) is 3. The molecule has 12 nitrogen and oxygen atoms in total. The normalized spacial score (nSPS) is 12.1. The van der Waals surface area contributed by atoms with E-state index < -0.39 is 42.5 Å². The Bertz CT molecular complexity index is 928. The summed E-state index contributed by atoms with van der Waals surface area (Å²) in [5, 5.41) is 61.5. The molecule has 0 aromatic rings. The molecule has 0 aliphatic carbocycles. The lowest BCUT2D eigenvalue weighted by Gasteiger charge is -2.18. The molecule has 0 aromatic carbocycles. The molecule has 0 spiro atoms. The van der Waals surface area contributed by atoms with Gasteiger partial charge in [-0.15, -0.1) is 0 Å². The fourth-order valence-electron chi connectivity index (χ4n) is 6.66. The summed E-state index contributed by atoms with van der Waals surface area (Å²) in [5.74, 6) is -5.29. The highest BCUT2D eigenvalue weighted by molar-refractivity contribution is 5.88. The monoisotopic (exact) mass is 849 g/mol. The van der Waals surface area contributed by atoms with Crippen LogP contribution >= 0.6 is 0 Å². The molecule has 0 saturated carbocycles. The van der Waals surface area contributed by atoms with Gasteiger partial charge in [0.15, 0.2) is 5.60 Å². The van der Waals surface area contributed by atoms with E-state index in [1.54, 1.807) is 0 Å². The number of aliphatic carboxylic acids is 3. The zero-order chi connectivity index (χ0) is 44.8. The number of rotatable bonds is 41. The summed E-state index contributed by atoms with van der Waals surface area (Å²) in [6.45, 7) is 6.33. The van der Waals surface area contributed by atoms with Crippen LogP contribution in [0.5, 0.6) is 0 Å². The fraction of sp³-hybridized carbons (Fsp3) is 0.915. The van der Waals surface area contributed by atoms with Gasteiger partial charge >= 0.3 is 23.9 Å². The van der Waals surface area contributed by atoms with Crippen molar-refractivity contribution in [2.24, 2.45) is 0 Å². The number of unbranched alkanes of at least 4 members (excludes halogenated alkanes) is 27. The number of esters is 1. The minimum atomic E-state index is -2.74. The first-order valence-corrected chi connectivity index (χ1v) is 23.8. The van der Waals surface area contributed by atoms with Crippen LogP contribution in [-0.4, -0.2) is 90.6 Å². The van der Waals surface area contributed by atoms with Gasteiger partial charge in [0.2, 0.25) is 0 Å². The third-order valence-electron chi connectivity index (χ3n) is 10.4. The smallest absolute Gasteiger partial charge is 0.336 e. The number of carbonyl (C=O) groups excluding carboxylic acids is 1. The van der Waals surface area contributed by atoms with Crippen LogP contribution < -0.4 is 0 Å². The Labute approximate surface area is 359 Å². The van der Waals surface area contributed by atoms with Gasteiger partial charge in [-0.3, -0.25) is 14.4 Å². The Morgan fingerprint density at radius 3 is 1.02 bits per heavy atom. The van der Waals surface area contributed by atoms with Crippen LogP contribution in [0.2, 0.25) is 0 Å². The first-order chi connectivity index (χ1) is 28.3. The quantitative estimate of drug-likeness (QED) is 0.0226. The van der Waals surface area contributed by atoms with E-state index in [1.807, 2.05) is 0 Å². The Morgan fingerprint density at radius 2 is 0.746 bits per heavy atom. The molecule has 0 heterocycles. The first kappa shape index (κ1) is 61.0. The lowest BCUT2D eigenvalue weighted by atomic mass is 9.96. The number of hydrogen-bond donors (Lipinski definition) is 7. The van der Waals surface area contributed by atoms with Gasteiger partial charge < -0.3 is 40.5 Å². The van der Waals surface area contributed by atoms with E-state index in [0.717, 1.165) is 25.7 Å². The second-order valence-electron chi connectivity index (χ2n) is 16.5. The predicted molar refractivity (Wildman–Crippen MR) is 237 cm³/mol. The van der Waals surface area contributed by atoms with Gasteiger partial charge in [-0.2, -0.15) is 0 Å². The standard InChI is InChI=1S/C21H42O4.C20H42O.C6H8O7/c1-2-3-4-5-6-7-8-9-10-11-12-13-14-15-16-17-21(24)25-19-20(23)18-22;1-3-5-7-9-11-12-13-15-17-19-20(21)18-16-14-10-8-6-4-2;7-3(8)1-6(13,5(11)12)2-4(9)10/h20,22-23H,2-19H2,1H3;20-21H,3-19H2,1-2H3;13H,1-2H2,(H,7,8)(H,9,10)(H,11,12). The molecule has 0 aromatic heterocycles. The molecule has 2 unspecified atom stereocenters. The fourth-order valence-corrected chi connectivity index (χ4v) is 6.66. The number of aliphatic hydroxyl groups is 4. The minimum Gasteiger partial charge on any atom is -0.481 e. The molecule has 2 atom stereocenters. The van der Waals surface area contributed by atoms with E-state index in [1.165, 1.54) is 180 Å². The summed E-state index contributed by atoms with van der Waals surface area (Å²) in [6, 6.07) is 0. The molecular weight excluding hydrogens is 757 g/mol. The lowest BCUT2D eigenvalue weighted by Crippen LogP contribution is -2.42. The first-order valence-electron chi connectivity index (χ1n) is 23.8. The zero-order valence-electron chi connectivity index (χ0n) is 38.0. The van der Waals surface area contributed by atoms with Gasteiger partial charge in [-0.25, -0.2) is 4.79 Å². The molecule has 59 heavy (non-hydrogen) atoms. The van der Waals surface area contributed by atoms with Crippen LogP contribution in [0.15, 0.2) is 0 Å². The maximum absolute atomic E-state index is 11.4. The van der Waals surface area contributed by atoms with Crippen molar-refractivity contribution in [3.05, 3.63) is 0 Å². The molecule has 7 N–H and O–H groups in total. The van der Waals surface area contributed by atoms with E-state index in [-0.39, 0.29) is 25.3 Å². The van der Waals surface area contributed by atoms with E-state index in [9.17, 15) is 24.3 Å². The van der Waals surface area contributed by atoms with Crippen molar-refractivity contribution >= 4 is 23.9 Å². The zero-order valence-corrected chi connectivity index (χ0v) is 38.0. The van der Waals surface area contributed by atoms with Crippen molar-refractivity contribution in [1.82, 2.24) is 0 Å². The van der Waals surface area contributed by atoms with E-state index in [2.05, 4.69) is 20.8 Å². The van der Waals surface area contributed by atoms with Gasteiger partial charge in [0.05, 0.1) is 25.6 Å². The molecule has 12 heteroatoms. The molecular formula is C47H92O12. The van der Waals surface area contributed by atoms with Crippen molar-refractivity contribution in [3.63, 3.8) is 0 Å². The predicted octanol–water partition coefficient (Wildman–Crippen LogP) is 10.9. The van der Waals surface area contributed by atoms with E-state index in [4.69, 9.17) is 35.4 Å². The third-order valence-corrected chi connectivity index (χ3v) is 10.4.